The monoisotopic (exact) mass is 602 g/mol. The van der Waals surface area contributed by atoms with Crippen LogP contribution in [0.4, 0.5) is 5.69 Å². The minimum Gasteiger partial charge on any atom is -0.478 e. The fourth-order valence-corrected chi connectivity index (χ4v) is 6.02. The van der Waals surface area contributed by atoms with Crippen LogP contribution in [0.2, 0.25) is 0 Å². The smallest absolute Gasteiger partial charge is 0.266 e. The lowest BCUT2D eigenvalue weighted by molar-refractivity contribution is -0.146. The zero-order chi connectivity index (χ0) is 30.9. The molecule has 1 atom stereocenters. The molecule has 2 saturated heterocycles. The number of nitrogens with one attached hydrogen (secondary N) is 2. The topological polar surface area (TPSA) is 103 Å². The van der Waals surface area contributed by atoms with Gasteiger partial charge in [0.25, 0.3) is 5.91 Å². The van der Waals surface area contributed by atoms with Gasteiger partial charge in [0.05, 0.1) is 18.7 Å². The van der Waals surface area contributed by atoms with Gasteiger partial charge in [-0.15, -0.1) is 0 Å². The first-order chi connectivity index (χ1) is 21.3. The van der Waals surface area contributed by atoms with Crippen molar-refractivity contribution in [1.29, 1.82) is 0 Å². The van der Waals surface area contributed by atoms with E-state index in [-0.39, 0.29) is 17.7 Å². The number of amides is 2. The summed E-state index contributed by atoms with van der Waals surface area (Å²) in [5.74, 6) is 0.687. The summed E-state index contributed by atoms with van der Waals surface area (Å²) < 4.78 is 11.9. The normalized spacial score (nSPS) is 17.4. The maximum Gasteiger partial charge on any atom is 0.266 e. The molecule has 3 heterocycles. The highest BCUT2D eigenvalue weighted by molar-refractivity contribution is 5.85. The number of nitrogens with zero attached hydrogens (tertiary/aromatic N) is 4. The Morgan fingerprint density at radius 2 is 1.86 bits per heavy atom. The minimum absolute atomic E-state index is 0.00343. The van der Waals surface area contributed by atoms with Crippen molar-refractivity contribution in [2.45, 2.75) is 45.8 Å². The molecule has 5 rings (SSSR count). The van der Waals surface area contributed by atoms with Gasteiger partial charge in [-0.25, -0.2) is 0 Å². The maximum absolute atomic E-state index is 14.0. The van der Waals surface area contributed by atoms with Crippen molar-refractivity contribution in [3.05, 3.63) is 66.5 Å². The Balaban J connectivity index is 1.24. The molecule has 2 fully saturated rings. The number of hydrogen-bond donors (Lipinski definition) is 2. The third-order valence-corrected chi connectivity index (χ3v) is 8.43. The Labute approximate surface area is 260 Å². The van der Waals surface area contributed by atoms with E-state index < -0.39 is 5.60 Å². The molecule has 2 amide bonds. The maximum atomic E-state index is 14.0. The van der Waals surface area contributed by atoms with Gasteiger partial charge < -0.3 is 29.5 Å². The standard InChI is InChI=1S/C34H46N6O4/c1-4-43-20-19-40(24-26-10-12-27(13-11-26)29-22-36-37-23-29)32(41)28-7-6-16-39(25-28)30-8-5-9-31(21-30)44-34(2,3)33(42)38-17-14-35-15-18-38/h5,8-13,21-23,28,35H,4,6-7,14-20,24-25H2,1-3H3,(H,36,37)/t28-/m1/s1. The Hall–Kier alpha value is -3.89. The number of anilines is 1. The quantitative estimate of drug-likeness (QED) is 0.303. The fraction of sp³-hybridized carbons (Fsp3) is 0.500. The summed E-state index contributed by atoms with van der Waals surface area (Å²) in [6.45, 7) is 12.3. The Bertz CT molecular complexity index is 1350. The predicted molar refractivity (Wildman–Crippen MR) is 171 cm³/mol. The predicted octanol–water partition coefficient (Wildman–Crippen LogP) is 3.95. The lowest BCUT2D eigenvalue weighted by Gasteiger charge is -2.37. The summed E-state index contributed by atoms with van der Waals surface area (Å²) in [7, 11) is 0. The average Bonchev–Trinajstić information content (AvgIpc) is 3.60. The lowest BCUT2D eigenvalue weighted by atomic mass is 9.95. The van der Waals surface area contributed by atoms with Crippen molar-refractivity contribution < 1.29 is 19.1 Å². The summed E-state index contributed by atoms with van der Waals surface area (Å²) in [5, 5.41) is 10.2. The molecule has 0 unspecified atom stereocenters. The molecular formula is C34H46N6O4. The molecule has 10 nitrogen and oxygen atoms in total. The van der Waals surface area contributed by atoms with Crippen molar-refractivity contribution in [2.24, 2.45) is 5.92 Å². The van der Waals surface area contributed by atoms with E-state index in [0.717, 1.165) is 54.9 Å². The SMILES string of the molecule is CCOCCN(Cc1ccc(-c2cn[nH]c2)cc1)C(=O)[C@@H]1CCCN(c2cccc(OC(C)(C)C(=O)N3CCNCC3)c2)C1. The van der Waals surface area contributed by atoms with Crippen molar-refractivity contribution in [3.8, 4) is 16.9 Å². The van der Waals surface area contributed by atoms with Gasteiger partial charge in [0.1, 0.15) is 5.75 Å². The number of rotatable bonds is 12. The summed E-state index contributed by atoms with van der Waals surface area (Å²) in [4.78, 5) is 33.2. The largest absolute Gasteiger partial charge is 0.478 e. The van der Waals surface area contributed by atoms with Crippen LogP contribution < -0.4 is 15.0 Å². The Kier molecular flexibility index (Phi) is 10.6. The second kappa shape index (κ2) is 14.7. The van der Waals surface area contributed by atoms with Crippen molar-refractivity contribution >= 4 is 17.5 Å². The van der Waals surface area contributed by atoms with Gasteiger partial charge in [-0.1, -0.05) is 30.3 Å². The Morgan fingerprint density at radius 3 is 2.59 bits per heavy atom. The molecule has 0 aliphatic carbocycles. The first-order valence-electron chi connectivity index (χ1n) is 15.8. The Morgan fingerprint density at radius 1 is 1.07 bits per heavy atom. The van der Waals surface area contributed by atoms with Crippen LogP contribution in [-0.4, -0.2) is 96.4 Å². The molecule has 1 aromatic heterocycles. The lowest BCUT2D eigenvalue weighted by Crippen LogP contribution is -2.54. The van der Waals surface area contributed by atoms with Gasteiger partial charge in [-0.2, -0.15) is 5.10 Å². The molecule has 0 radical (unpaired) electrons. The van der Waals surface area contributed by atoms with Crippen molar-refractivity contribution in [1.82, 2.24) is 25.3 Å². The number of carbonyl (C=O) groups is 2. The van der Waals surface area contributed by atoms with Gasteiger partial charge in [-0.05, 0) is 56.9 Å². The number of hydrogen-bond acceptors (Lipinski definition) is 7. The number of piperazine rings is 1. The van der Waals surface area contributed by atoms with Crippen LogP contribution in [0, 0.1) is 5.92 Å². The van der Waals surface area contributed by atoms with Crippen LogP contribution in [0.3, 0.4) is 0 Å². The van der Waals surface area contributed by atoms with E-state index >= 15 is 0 Å². The van der Waals surface area contributed by atoms with Crippen molar-refractivity contribution in [2.75, 3.05) is 63.9 Å². The van der Waals surface area contributed by atoms with Crippen LogP contribution in [0.25, 0.3) is 11.1 Å². The van der Waals surface area contributed by atoms with Gasteiger partial charge in [0, 0.05) is 82.5 Å². The molecule has 236 valence electrons. The van der Waals surface area contributed by atoms with E-state index in [0.29, 0.717) is 51.7 Å². The second-order valence-corrected chi connectivity index (χ2v) is 12.1. The number of piperidine rings is 1. The van der Waals surface area contributed by atoms with E-state index in [1.807, 2.05) is 55.0 Å². The van der Waals surface area contributed by atoms with E-state index in [4.69, 9.17) is 9.47 Å². The average molecular weight is 603 g/mol. The summed E-state index contributed by atoms with van der Waals surface area (Å²) in [6.07, 6.45) is 5.45. The molecule has 10 heteroatoms. The molecule has 44 heavy (non-hydrogen) atoms. The molecule has 2 aliphatic heterocycles. The first kappa shape index (κ1) is 31.5. The van der Waals surface area contributed by atoms with E-state index in [9.17, 15) is 9.59 Å². The van der Waals surface area contributed by atoms with Crippen LogP contribution >= 0.6 is 0 Å². The third-order valence-electron chi connectivity index (χ3n) is 8.43. The minimum atomic E-state index is -0.978. The number of H-pyrrole nitrogens is 1. The summed E-state index contributed by atoms with van der Waals surface area (Å²) >= 11 is 0. The first-order valence-corrected chi connectivity index (χ1v) is 15.8. The summed E-state index contributed by atoms with van der Waals surface area (Å²) in [6, 6.07) is 16.2. The molecule has 0 saturated carbocycles. The zero-order valence-corrected chi connectivity index (χ0v) is 26.3. The molecule has 3 aromatic rings. The summed E-state index contributed by atoms with van der Waals surface area (Å²) in [5.41, 5.74) is 3.22. The van der Waals surface area contributed by atoms with E-state index in [1.54, 1.807) is 6.20 Å². The number of aromatic nitrogens is 2. The fourth-order valence-electron chi connectivity index (χ4n) is 6.02. The highest BCUT2D eigenvalue weighted by Crippen LogP contribution is 2.30. The van der Waals surface area contributed by atoms with Crippen LogP contribution in [0.1, 0.15) is 39.2 Å². The van der Waals surface area contributed by atoms with E-state index in [2.05, 4.69) is 50.7 Å². The van der Waals surface area contributed by atoms with Crippen LogP contribution in [0.15, 0.2) is 60.9 Å². The van der Waals surface area contributed by atoms with Gasteiger partial charge in [-0.3, -0.25) is 14.7 Å². The van der Waals surface area contributed by atoms with E-state index in [1.165, 1.54) is 0 Å². The second-order valence-electron chi connectivity index (χ2n) is 12.1. The molecule has 2 aromatic carbocycles. The zero-order valence-electron chi connectivity index (χ0n) is 26.3. The van der Waals surface area contributed by atoms with Gasteiger partial charge in [0.15, 0.2) is 5.60 Å². The highest BCUT2D eigenvalue weighted by atomic mass is 16.5. The van der Waals surface area contributed by atoms with Crippen LogP contribution in [0.5, 0.6) is 5.75 Å². The molecular weight excluding hydrogens is 556 g/mol. The highest BCUT2D eigenvalue weighted by Gasteiger charge is 2.35. The van der Waals surface area contributed by atoms with Gasteiger partial charge >= 0.3 is 0 Å². The number of benzene rings is 2. The number of ether oxygens (including phenoxy) is 2. The molecule has 2 aliphatic rings. The molecule has 2 N–H and O–H groups in total. The number of carbonyl (C=O) groups excluding carboxylic acids is 2. The third kappa shape index (κ3) is 7.98. The van der Waals surface area contributed by atoms with Crippen LogP contribution in [-0.2, 0) is 20.9 Å². The van der Waals surface area contributed by atoms with Crippen molar-refractivity contribution in [3.63, 3.8) is 0 Å². The molecule has 0 bridgehead atoms. The van der Waals surface area contributed by atoms with Gasteiger partial charge in [0.2, 0.25) is 5.91 Å². The molecule has 0 spiro atoms. The number of aromatic amines is 1.